The van der Waals surface area contributed by atoms with Crippen LogP contribution in [-0.2, 0) is 4.79 Å². The first-order valence-corrected chi connectivity index (χ1v) is 9.15. The molecule has 1 heterocycles. The number of benzene rings is 1. The fraction of sp³-hybridized carbons (Fsp3) is 0.476. The van der Waals surface area contributed by atoms with Crippen molar-refractivity contribution < 1.29 is 9.90 Å². The minimum Gasteiger partial charge on any atom is -0.478 e. The number of aromatic nitrogens is 1. The normalized spacial score (nSPS) is 12.2. The number of carboxylic acids is 1. The zero-order chi connectivity index (χ0) is 17.5. The maximum absolute atomic E-state index is 11.1. The molecule has 2 aromatic rings. The number of hydrogen-bond acceptors (Lipinski definition) is 1. The molecule has 24 heavy (non-hydrogen) atoms. The van der Waals surface area contributed by atoms with Crippen molar-refractivity contribution in [2.45, 2.75) is 65.3 Å². The third-order valence-corrected chi connectivity index (χ3v) is 4.55. The van der Waals surface area contributed by atoms with Gasteiger partial charge in [0.1, 0.15) is 0 Å². The summed E-state index contributed by atoms with van der Waals surface area (Å²) in [5.41, 5.74) is 3.17. The van der Waals surface area contributed by atoms with E-state index in [0.717, 1.165) is 24.0 Å². The van der Waals surface area contributed by atoms with Crippen molar-refractivity contribution in [2.75, 3.05) is 0 Å². The van der Waals surface area contributed by atoms with Crippen molar-refractivity contribution in [2.24, 2.45) is 0 Å². The first-order valence-electron chi connectivity index (χ1n) is 9.15. The van der Waals surface area contributed by atoms with Crippen molar-refractivity contribution in [3.05, 3.63) is 42.1 Å². The highest BCUT2D eigenvalue weighted by Gasteiger charge is 2.13. The summed E-state index contributed by atoms with van der Waals surface area (Å²) in [5, 5.41) is 10.3. The maximum Gasteiger partial charge on any atom is 0.328 e. The van der Waals surface area contributed by atoms with E-state index in [-0.39, 0.29) is 0 Å². The maximum atomic E-state index is 11.1. The molecule has 0 aliphatic rings. The number of allylic oxidation sites excluding steroid dienone is 1. The van der Waals surface area contributed by atoms with Crippen LogP contribution in [-0.4, -0.2) is 15.6 Å². The van der Waals surface area contributed by atoms with Gasteiger partial charge in [-0.25, -0.2) is 4.79 Å². The van der Waals surface area contributed by atoms with Gasteiger partial charge in [0.05, 0.1) is 0 Å². The number of nitrogens with zero attached hydrogens (tertiary/aromatic N) is 1. The van der Waals surface area contributed by atoms with Crippen molar-refractivity contribution in [3.8, 4) is 0 Å². The summed E-state index contributed by atoms with van der Waals surface area (Å²) in [6.07, 6.45) is 10.0. The summed E-state index contributed by atoms with van der Waals surface area (Å²) in [6, 6.07) is 9.05. The second-order valence-corrected chi connectivity index (χ2v) is 6.49. The third-order valence-electron chi connectivity index (χ3n) is 4.55. The number of aliphatic carboxylic acids is 1. The van der Waals surface area contributed by atoms with E-state index in [4.69, 9.17) is 5.11 Å². The molecule has 0 aliphatic heterocycles. The Hall–Kier alpha value is -2.03. The van der Waals surface area contributed by atoms with Gasteiger partial charge in [-0.3, -0.25) is 0 Å². The van der Waals surface area contributed by atoms with E-state index in [9.17, 15) is 4.79 Å². The number of rotatable bonds is 9. The Bertz CT molecular complexity index is 706. The molecule has 0 radical (unpaired) electrons. The highest BCUT2D eigenvalue weighted by atomic mass is 16.4. The summed E-state index contributed by atoms with van der Waals surface area (Å²) in [4.78, 5) is 11.1. The van der Waals surface area contributed by atoms with E-state index in [0.29, 0.717) is 6.04 Å². The van der Waals surface area contributed by atoms with E-state index in [1.54, 1.807) is 0 Å². The van der Waals surface area contributed by atoms with Gasteiger partial charge in [-0.2, -0.15) is 0 Å². The van der Waals surface area contributed by atoms with Crippen LogP contribution in [0.3, 0.4) is 0 Å². The van der Waals surface area contributed by atoms with E-state index in [2.05, 4.69) is 55.8 Å². The lowest BCUT2D eigenvalue weighted by molar-refractivity contribution is -0.131. The molecule has 0 saturated carbocycles. The average Bonchev–Trinajstić information content (AvgIpc) is 2.97. The van der Waals surface area contributed by atoms with Crippen LogP contribution in [0.15, 0.2) is 36.5 Å². The van der Waals surface area contributed by atoms with E-state index >= 15 is 0 Å². The van der Waals surface area contributed by atoms with Crippen LogP contribution in [0.4, 0.5) is 0 Å². The van der Waals surface area contributed by atoms with Gasteiger partial charge in [0.15, 0.2) is 0 Å². The monoisotopic (exact) mass is 327 g/mol. The fourth-order valence-electron chi connectivity index (χ4n) is 3.49. The summed E-state index contributed by atoms with van der Waals surface area (Å²) < 4.78 is 2.40. The second-order valence-electron chi connectivity index (χ2n) is 6.49. The van der Waals surface area contributed by atoms with E-state index in [1.165, 1.54) is 42.7 Å². The van der Waals surface area contributed by atoms with E-state index in [1.807, 2.05) is 0 Å². The third kappa shape index (κ3) is 4.28. The zero-order valence-corrected chi connectivity index (χ0v) is 15.1. The quantitative estimate of drug-likeness (QED) is 0.570. The molecule has 1 N–H and O–H groups in total. The van der Waals surface area contributed by atoms with Crippen molar-refractivity contribution in [3.63, 3.8) is 0 Å². The molecule has 0 spiro atoms. The summed E-state index contributed by atoms with van der Waals surface area (Å²) in [5.74, 6) is -0.873. The Labute approximate surface area is 145 Å². The Kier molecular flexibility index (Phi) is 6.65. The van der Waals surface area contributed by atoms with Crippen molar-refractivity contribution in [1.29, 1.82) is 0 Å². The summed E-state index contributed by atoms with van der Waals surface area (Å²) in [7, 11) is 0. The second kappa shape index (κ2) is 8.72. The predicted molar refractivity (Wildman–Crippen MR) is 101 cm³/mol. The lowest BCUT2D eigenvalue weighted by Gasteiger charge is -2.19. The van der Waals surface area contributed by atoms with Gasteiger partial charge in [-0.15, -0.1) is 0 Å². The molecule has 130 valence electrons. The Morgan fingerprint density at radius 1 is 1.12 bits per heavy atom. The molecular weight excluding hydrogens is 298 g/mol. The molecule has 0 amide bonds. The lowest BCUT2D eigenvalue weighted by Crippen LogP contribution is -2.07. The first kappa shape index (κ1) is 18.3. The molecule has 1 aromatic carbocycles. The lowest BCUT2D eigenvalue weighted by atomic mass is 9.99. The summed E-state index contributed by atoms with van der Waals surface area (Å²) >= 11 is 0. The van der Waals surface area contributed by atoms with Crippen molar-refractivity contribution >= 4 is 22.4 Å². The molecule has 0 unspecified atom stereocenters. The van der Waals surface area contributed by atoms with E-state index < -0.39 is 5.97 Å². The molecule has 0 atom stereocenters. The van der Waals surface area contributed by atoms with Crippen LogP contribution in [0.1, 0.15) is 70.9 Å². The van der Waals surface area contributed by atoms with Crippen LogP contribution in [0.25, 0.3) is 16.5 Å². The average molecular weight is 327 g/mol. The fourth-order valence-corrected chi connectivity index (χ4v) is 3.49. The topological polar surface area (TPSA) is 42.2 Å². The number of hydrogen-bond donors (Lipinski definition) is 1. The van der Waals surface area contributed by atoms with Gasteiger partial charge in [-0.05, 0) is 48.6 Å². The van der Waals surface area contributed by atoms with Gasteiger partial charge >= 0.3 is 5.97 Å². The molecule has 0 bridgehead atoms. The van der Waals surface area contributed by atoms with Gasteiger partial charge in [0.25, 0.3) is 0 Å². The zero-order valence-electron chi connectivity index (χ0n) is 15.1. The summed E-state index contributed by atoms with van der Waals surface area (Å²) in [6.45, 7) is 6.55. The van der Waals surface area contributed by atoms with Crippen LogP contribution < -0.4 is 0 Å². The molecule has 0 fully saturated rings. The van der Waals surface area contributed by atoms with Gasteiger partial charge < -0.3 is 9.67 Å². The smallest absolute Gasteiger partial charge is 0.328 e. The number of fused-ring (bicyclic) bond motifs is 1. The highest BCUT2D eigenvalue weighted by molar-refractivity contribution is 5.92. The minimum atomic E-state index is -0.873. The SMILES string of the molecule is CCCC(=CC(=O)O)c1ccc2c(ccn2C(CCC)CCC)c1. The molecule has 3 nitrogen and oxygen atoms in total. The Morgan fingerprint density at radius 3 is 2.42 bits per heavy atom. The molecular formula is C21H29NO2. The molecule has 1 aromatic heterocycles. The van der Waals surface area contributed by atoms with Crippen LogP contribution in [0.5, 0.6) is 0 Å². The Balaban J connectivity index is 2.41. The van der Waals surface area contributed by atoms with Crippen molar-refractivity contribution in [1.82, 2.24) is 4.57 Å². The molecule has 2 rings (SSSR count). The molecule has 0 saturated heterocycles. The molecule has 3 heteroatoms. The number of carbonyl (C=O) groups is 1. The Morgan fingerprint density at radius 2 is 1.83 bits per heavy atom. The minimum absolute atomic E-state index is 0.549. The highest BCUT2D eigenvalue weighted by Crippen LogP contribution is 2.29. The van der Waals surface area contributed by atoms with Crippen LogP contribution >= 0.6 is 0 Å². The van der Waals surface area contributed by atoms with Gasteiger partial charge in [0.2, 0.25) is 0 Å². The largest absolute Gasteiger partial charge is 0.478 e. The standard InChI is InChI=1S/C21H29NO2/c1-4-7-16(15-21(23)24)17-10-11-20-18(14-17)12-13-22(20)19(8-5-2)9-6-3/h10-15,19H,4-9H2,1-3H3,(H,23,24). The first-order chi connectivity index (χ1) is 11.6. The van der Waals surface area contributed by atoms with Gasteiger partial charge in [0, 0.05) is 29.2 Å². The van der Waals surface area contributed by atoms with Crippen LogP contribution in [0, 0.1) is 0 Å². The van der Waals surface area contributed by atoms with Gasteiger partial charge in [-0.1, -0.05) is 46.1 Å². The predicted octanol–water partition coefficient (Wildman–Crippen LogP) is 6.05. The molecule has 0 aliphatic carbocycles. The van der Waals surface area contributed by atoms with Crippen LogP contribution in [0.2, 0.25) is 0 Å². The number of carboxylic acid groups (broad SMARTS) is 1.